The van der Waals surface area contributed by atoms with Crippen LogP contribution in [0.1, 0.15) is 37.9 Å². The van der Waals surface area contributed by atoms with Gasteiger partial charge in [-0.05, 0) is 25.7 Å². The Hall–Kier alpha value is -1.15. The molecule has 0 unspecified atom stereocenters. The Morgan fingerprint density at radius 1 is 1.46 bits per heavy atom. The molecule has 24 heavy (non-hydrogen) atoms. The third-order valence-corrected chi connectivity index (χ3v) is 5.34. The summed E-state index contributed by atoms with van der Waals surface area (Å²) in [7, 11) is -0.957. The number of sulfone groups is 1. The fourth-order valence-corrected chi connectivity index (χ4v) is 3.63. The first kappa shape index (κ1) is 20.9. The van der Waals surface area contributed by atoms with Crippen molar-refractivity contribution in [3.8, 4) is 0 Å². The standard InChI is InChI=1S/C16H30N4O2S2/c1-7-17-15(20(5)10-14-11-23-13(2)19-14)18-12-16(3,4)8-9-24(6,21)22/h11H,7-10,12H2,1-6H3,(H,17,18). The van der Waals surface area contributed by atoms with Crippen molar-refractivity contribution in [1.82, 2.24) is 15.2 Å². The molecule has 0 amide bonds. The minimum atomic E-state index is -2.94. The molecule has 0 atom stereocenters. The first-order valence-corrected chi connectivity index (χ1v) is 11.0. The molecule has 1 N–H and O–H groups in total. The van der Waals surface area contributed by atoms with Crippen LogP contribution in [-0.2, 0) is 16.4 Å². The summed E-state index contributed by atoms with van der Waals surface area (Å²) in [4.78, 5) is 11.2. The second kappa shape index (κ2) is 8.80. The summed E-state index contributed by atoms with van der Waals surface area (Å²) in [6.07, 6.45) is 1.88. The maximum Gasteiger partial charge on any atom is 0.194 e. The number of aliphatic imine (C=N–C) groups is 1. The molecule has 138 valence electrons. The molecule has 1 rings (SSSR count). The molecule has 0 aliphatic rings. The van der Waals surface area contributed by atoms with Gasteiger partial charge in [-0.3, -0.25) is 4.99 Å². The van der Waals surface area contributed by atoms with E-state index in [9.17, 15) is 8.42 Å². The smallest absolute Gasteiger partial charge is 0.194 e. The Morgan fingerprint density at radius 3 is 2.62 bits per heavy atom. The van der Waals surface area contributed by atoms with Gasteiger partial charge in [-0.15, -0.1) is 11.3 Å². The molecule has 0 spiro atoms. The van der Waals surface area contributed by atoms with E-state index in [1.807, 2.05) is 25.8 Å². The molecular formula is C16H30N4O2S2. The molecule has 1 heterocycles. The van der Waals surface area contributed by atoms with Crippen molar-refractivity contribution in [3.63, 3.8) is 0 Å². The van der Waals surface area contributed by atoms with Crippen LogP contribution in [-0.4, -0.2) is 56.4 Å². The van der Waals surface area contributed by atoms with E-state index in [2.05, 4.69) is 29.5 Å². The van der Waals surface area contributed by atoms with Crippen LogP contribution in [0, 0.1) is 12.3 Å². The van der Waals surface area contributed by atoms with Gasteiger partial charge < -0.3 is 10.2 Å². The van der Waals surface area contributed by atoms with Crippen LogP contribution in [0.4, 0.5) is 0 Å². The molecule has 0 radical (unpaired) electrons. The average Bonchev–Trinajstić information content (AvgIpc) is 2.86. The molecule has 0 saturated heterocycles. The highest BCUT2D eigenvalue weighted by Gasteiger charge is 2.20. The molecule has 0 saturated carbocycles. The summed E-state index contributed by atoms with van der Waals surface area (Å²) in [5.41, 5.74) is 0.865. The van der Waals surface area contributed by atoms with Gasteiger partial charge in [-0.1, -0.05) is 13.8 Å². The summed E-state index contributed by atoms with van der Waals surface area (Å²) in [5.74, 6) is 1.01. The van der Waals surface area contributed by atoms with Crippen molar-refractivity contribution >= 4 is 27.1 Å². The van der Waals surface area contributed by atoms with Crippen LogP contribution in [0.3, 0.4) is 0 Å². The highest BCUT2D eigenvalue weighted by molar-refractivity contribution is 7.90. The summed E-state index contributed by atoms with van der Waals surface area (Å²) >= 11 is 1.64. The van der Waals surface area contributed by atoms with Crippen molar-refractivity contribution < 1.29 is 8.42 Å². The van der Waals surface area contributed by atoms with Crippen LogP contribution >= 0.6 is 11.3 Å². The van der Waals surface area contributed by atoms with E-state index >= 15 is 0 Å². The van der Waals surface area contributed by atoms with E-state index in [4.69, 9.17) is 4.99 Å². The maximum absolute atomic E-state index is 11.4. The number of nitrogens with zero attached hydrogens (tertiary/aromatic N) is 3. The molecule has 0 aliphatic carbocycles. The van der Waals surface area contributed by atoms with Crippen LogP contribution in [0.25, 0.3) is 0 Å². The number of aryl methyl sites for hydroxylation is 1. The van der Waals surface area contributed by atoms with Gasteiger partial charge in [0.2, 0.25) is 0 Å². The Morgan fingerprint density at radius 2 is 2.12 bits per heavy atom. The molecule has 6 nitrogen and oxygen atoms in total. The Labute approximate surface area is 150 Å². The number of thiazole rings is 1. The van der Waals surface area contributed by atoms with Gasteiger partial charge in [0, 0.05) is 31.8 Å². The van der Waals surface area contributed by atoms with Crippen molar-refractivity contribution in [1.29, 1.82) is 0 Å². The molecule has 0 bridgehead atoms. The third kappa shape index (κ3) is 8.10. The summed E-state index contributed by atoms with van der Waals surface area (Å²) < 4.78 is 22.7. The number of aromatic nitrogens is 1. The van der Waals surface area contributed by atoms with Gasteiger partial charge in [0.25, 0.3) is 0 Å². The lowest BCUT2D eigenvalue weighted by molar-refractivity contribution is 0.361. The lowest BCUT2D eigenvalue weighted by Gasteiger charge is -2.25. The van der Waals surface area contributed by atoms with Gasteiger partial charge >= 0.3 is 0 Å². The predicted octanol–water partition coefficient (Wildman–Crippen LogP) is 2.31. The highest BCUT2D eigenvalue weighted by Crippen LogP contribution is 2.21. The first-order valence-electron chi connectivity index (χ1n) is 8.10. The van der Waals surface area contributed by atoms with E-state index in [0.717, 1.165) is 23.2 Å². The van der Waals surface area contributed by atoms with Gasteiger partial charge in [0.15, 0.2) is 5.96 Å². The van der Waals surface area contributed by atoms with Crippen molar-refractivity contribution in [2.75, 3.05) is 32.1 Å². The van der Waals surface area contributed by atoms with E-state index in [1.165, 1.54) is 6.26 Å². The van der Waals surface area contributed by atoms with Crippen LogP contribution in [0.2, 0.25) is 0 Å². The molecular weight excluding hydrogens is 344 g/mol. The zero-order valence-electron chi connectivity index (χ0n) is 15.6. The summed E-state index contributed by atoms with van der Waals surface area (Å²) in [5, 5.41) is 6.41. The minimum absolute atomic E-state index is 0.165. The lowest BCUT2D eigenvalue weighted by Crippen LogP contribution is -2.39. The van der Waals surface area contributed by atoms with Crippen LogP contribution < -0.4 is 5.32 Å². The number of rotatable bonds is 8. The number of hydrogen-bond donors (Lipinski definition) is 1. The van der Waals surface area contributed by atoms with Crippen LogP contribution in [0.5, 0.6) is 0 Å². The second-order valence-electron chi connectivity index (χ2n) is 6.93. The Kier molecular flexibility index (Phi) is 7.66. The van der Waals surface area contributed by atoms with Crippen molar-refractivity contribution in [2.24, 2.45) is 10.4 Å². The molecule has 0 aliphatic heterocycles. The van der Waals surface area contributed by atoms with Gasteiger partial charge in [0.1, 0.15) is 9.84 Å². The fourth-order valence-electron chi connectivity index (χ4n) is 2.10. The first-order chi connectivity index (χ1) is 11.0. The zero-order valence-corrected chi connectivity index (χ0v) is 17.2. The predicted molar refractivity (Wildman–Crippen MR) is 102 cm³/mol. The van der Waals surface area contributed by atoms with E-state index < -0.39 is 9.84 Å². The molecule has 1 aromatic heterocycles. The molecule has 0 fully saturated rings. The topological polar surface area (TPSA) is 74.7 Å². The van der Waals surface area contributed by atoms with Crippen LogP contribution in [0.15, 0.2) is 10.4 Å². The van der Waals surface area contributed by atoms with Crippen molar-refractivity contribution in [3.05, 3.63) is 16.1 Å². The molecule has 8 heteroatoms. The zero-order chi connectivity index (χ0) is 18.4. The van der Waals surface area contributed by atoms with E-state index in [-0.39, 0.29) is 11.2 Å². The SMILES string of the molecule is CCNC(=NCC(C)(C)CCS(C)(=O)=O)N(C)Cc1csc(C)n1. The Balaban J connectivity index is 2.72. The second-order valence-corrected chi connectivity index (χ2v) is 10.3. The van der Waals surface area contributed by atoms with Gasteiger partial charge in [-0.2, -0.15) is 0 Å². The number of hydrogen-bond acceptors (Lipinski definition) is 5. The fraction of sp³-hybridized carbons (Fsp3) is 0.750. The maximum atomic E-state index is 11.4. The number of nitrogens with one attached hydrogen (secondary N) is 1. The summed E-state index contributed by atoms with van der Waals surface area (Å²) in [6.45, 7) is 10.2. The lowest BCUT2D eigenvalue weighted by atomic mass is 9.90. The van der Waals surface area contributed by atoms with Gasteiger partial charge in [-0.25, -0.2) is 13.4 Å². The highest BCUT2D eigenvalue weighted by atomic mass is 32.2. The minimum Gasteiger partial charge on any atom is -0.357 e. The normalized spacial score (nSPS) is 13.2. The quantitative estimate of drug-likeness (QED) is 0.558. The molecule has 1 aromatic rings. The monoisotopic (exact) mass is 374 g/mol. The Bertz CT molecular complexity index is 651. The van der Waals surface area contributed by atoms with E-state index in [1.54, 1.807) is 11.3 Å². The van der Waals surface area contributed by atoms with Gasteiger partial charge in [0.05, 0.1) is 23.0 Å². The number of guanidine groups is 1. The molecule has 0 aromatic carbocycles. The van der Waals surface area contributed by atoms with E-state index in [0.29, 0.717) is 19.5 Å². The largest absolute Gasteiger partial charge is 0.357 e. The average molecular weight is 375 g/mol. The van der Waals surface area contributed by atoms with Crippen molar-refractivity contribution in [2.45, 2.75) is 40.7 Å². The summed E-state index contributed by atoms with van der Waals surface area (Å²) in [6, 6.07) is 0. The third-order valence-electron chi connectivity index (χ3n) is 3.57.